The van der Waals surface area contributed by atoms with Gasteiger partial charge in [0, 0.05) is 0 Å². The molecule has 0 amide bonds. The molecule has 1 fully saturated rings. The van der Waals surface area contributed by atoms with E-state index in [1.54, 1.807) is 5.56 Å². The van der Waals surface area contributed by atoms with Gasteiger partial charge in [-0.1, -0.05) is 81.0 Å². The fourth-order valence-electron chi connectivity index (χ4n) is 6.39. The average molecular weight is 435 g/mol. The van der Waals surface area contributed by atoms with E-state index >= 15 is 0 Å². The number of aryl methyl sites for hydroxylation is 2. The molecule has 0 nitrogen and oxygen atoms in total. The number of hydrogen-bond donors (Lipinski definition) is 0. The van der Waals surface area contributed by atoms with Crippen molar-refractivity contribution in [2.24, 2.45) is 11.8 Å². The van der Waals surface area contributed by atoms with Crippen LogP contribution in [0.3, 0.4) is 0 Å². The lowest BCUT2D eigenvalue weighted by Crippen LogP contribution is -2.14. The highest BCUT2D eigenvalue weighted by atomic mass is 14.3. The molecular formula is C33H38. The van der Waals surface area contributed by atoms with Crippen molar-refractivity contribution in [1.29, 1.82) is 0 Å². The second-order valence-electron chi connectivity index (χ2n) is 10.8. The van der Waals surface area contributed by atoms with Gasteiger partial charge < -0.3 is 0 Å². The van der Waals surface area contributed by atoms with Gasteiger partial charge in [-0.3, -0.25) is 0 Å². The van der Waals surface area contributed by atoms with Crippen LogP contribution >= 0.6 is 0 Å². The zero-order valence-electron chi connectivity index (χ0n) is 20.7. The van der Waals surface area contributed by atoms with Gasteiger partial charge in [-0.05, 0) is 120 Å². The first kappa shape index (κ1) is 22.2. The van der Waals surface area contributed by atoms with Crippen molar-refractivity contribution >= 4 is 11.6 Å². The predicted octanol–water partition coefficient (Wildman–Crippen LogP) is 8.97. The number of fused-ring (bicyclic) bond motifs is 1. The van der Waals surface area contributed by atoms with Crippen molar-refractivity contribution in [1.82, 2.24) is 0 Å². The number of benzene rings is 2. The van der Waals surface area contributed by atoms with Crippen LogP contribution in [0.5, 0.6) is 0 Å². The quantitative estimate of drug-likeness (QED) is 0.425. The van der Waals surface area contributed by atoms with Gasteiger partial charge in [-0.2, -0.15) is 0 Å². The number of rotatable bonds is 6. The topological polar surface area (TPSA) is 0 Å². The minimum absolute atomic E-state index is 0.868. The summed E-state index contributed by atoms with van der Waals surface area (Å²) in [5.41, 5.74) is 14.3. The van der Waals surface area contributed by atoms with Crippen molar-refractivity contribution in [2.75, 3.05) is 0 Å². The molecule has 0 bridgehead atoms. The summed E-state index contributed by atoms with van der Waals surface area (Å²) < 4.78 is 0. The second kappa shape index (κ2) is 9.34. The van der Waals surface area contributed by atoms with Crippen LogP contribution < -0.4 is 0 Å². The Balaban J connectivity index is 1.34. The van der Waals surface area contributed by atoms with Crippen molar-refractivity contribution in [3.63, 3.8) is 0 Å². The molecule has 0 unspecified atom stereocenters. The molecule has 0 heteroatoms. The van der Waals surface area contributed by atoms with E-state index in [0.717, 1.165) is 31.1 Å². The van der Waals surface area contributed by atoms with Gasteiger partial charge in [0.15, 0.2) is 0 Å². The van der Waals surface area contributed by atoms with E-state index in [9.17, 15) is 0 Å². The lowest BCUT2D eigenvalue weighted by atomic mass is 9.79. The molecule has 3 aliphatic carbocycles. The first-order chi connectivity index (χ1) is 16.0. The highest BCUT2D eigenvalue weighted by Gasteiger charge is 2.25. The van der Waals surface area contributed by atoms with E-state index in [2.05, 4.69) is 82.0 Å². The Kier molecular flexibility index (Phi) is 6.28. The van der Waals surface area contributed by atoms with E-state index in [-0.39, 0.29) is 0 Å². The normalized spacial score (nSPS) is 22.0. The predicted molar refractivity (Wildman–Crippen MR) is 143 cm³/mol. The van der Waals surface area contributed by atoms with Gasteiger partial charge in [0.05, 0.1) is 0 Å². The van der Waals surface area contributed by atoms with Gasteiger partial charge in [-0.25, -0.2) is 0 Å². The Morgan fingerprint density at radius 1 is 0.939 bits per heavy atom. The molecule has 33 heavy (non-hydrogen) atoms. The molecular weight excluding hydrogens is 396 g/mol. The molecule has 5 rings (SSSR count). The highest BCUT2D eigenvalue weighted by Crippen LogP contribution is 2.41. The fourth-order valence-corrected chi connectivity index (χ4v) is 6.39. The lowest BCUT2D eigenvalue weighted by Gasteiger charge is -2.26. The maximum atomic E-state index is 4.51. The summed E-state index contributed by atoms with van der Waals surface area (Å²) >= 11 is 0. The standard InChI is InChI=1S/C33H38/c1-22-14-16-26(17-15-22)19-28-10-6-11-29-20-30(21-32(28)29)31-13-7-12-27(31)18-25(4)33-23(2)8-5-9-24(33)3/h5-6,8-13,21-22,26H,4,7,14-20H2,1-3H3. The van der Waals surface area contributed by atoms with Gasteiger partial charge in [0.2, 0.25) is 0 Å². The van der Waals surface area contributed by atoms with Gasteiger partial charge in [-0.15, -0.1) is 0 Å². The van der Waals surface area contributed by atoms with Crippen LogP contribution in [-0.4, -0.2) is 0 Å². The van der Waals surface area contributed by atoms with Crippen molar-refractivity contribution in [3.05, 3.63) is 105 Å². The van der Waals surface area contributed by atoms with E-state index in [4.69, 9.17) is 0 Å². The molecule has 0 N–H and O–H groups in total. The van der Waals surface area contributed by atoms with Crippen LogP contribution in [0.25, 0.3) is 11.6 Å². The van der Waals surface area contributed by atoms with Crippen LogP contribution in [0.15, 0.2) is 71.8 Å². The van der Waals surface area contributed by atoms with E-state index in [0.29, 0.717) is 0 Å². The van der Waals surface area contributed by atoms with Gasteiger partial charge in [0.25, 0.3) is 0 Å². The first-order valence-electron chi connectivity index (χ1n) is 12.9. The minimum atomic E-state index is 0.868. The second-order valence-corrected chi connectivity index (χ2v) is 10.8. The third kappa shape index (κ3) is 4.58. The van der Waals surface area contributed by atoms with Crippen LogP contribution in [-0.2, 0) is 12.8 Å². The molecule has 0 heterocycles. The van der Waals surface area contributed by atoms with Crippen molar-refractivity contribution in [2.45, 2.75) is 72.1 Å². The Morgan fingerprint density at radius 2 is 1.67 bits per heavy atom. The summed E-state index contributed by atoms with van der Waals surface area (Å²) in [6.07, 6.45) is 17.3. The summed E-state index contributed by atoms with van der Waals surface area (Å²) in [6, 6.07) is 13.6. The SMILES string of the molecule is C=C(CC1=CCC=C1C1=Cc2c(cccc2CC2CCC(C)CC2)C1)c1c(C)cccc1C. The minimum Gasteiger partial charge on any atom is -0.0949 e. The number of allylic oxidation sites excluding steroid dienone is 6. The highest BCUT2D eigenvalue weighted by molar-refractivity contribution is 5.77. The van der Waals surface area contributed by atoms with Gasteiger partial charge >= 0.3 is 0 Å². The summed E-state index contributed by atoms with van der Waals surface area (Å²) in [4.78, 5) is 0. The molecule has 0 saturated heterocycles. The number of hydrogen-bond acceptors (Lipinski definition) is 0. The van der Waals surface area contributed by atoms with E-state index in [1.165, 1.54) is 82.2 Å². The van der Waals surface area contributed by atoms with Crippen LogP contribution in [0.1, 0.15) is 78.8 Å². The van der Waals surface area contributed by atoms with E-state index < -0.39 is 0 Å². The smallest absolute Gasteiger partial charge is 0.00136 e. The lowest BCUT2D eigenvalue weighted by molar-refractivity contribution is 0.289. The fraction of sp³-hybridized carbons (Fsp3) is 0.394. The molecule has 3 aliphatic rings. The summed E-state index contributed by atoms with van der Waals surface area (Å²) in [5.74, 6) is 1.79. The molecule has 0 radical (unpaired) electrons. The van der Waals surface area contributed by atoms with Crippen molar-refractivity contribution < 1.29 is 0 Å². The maximum Gasteiger partial charge on any atom is -0.00136 e. The summed E-state index contributed by atoms with van der Waals surface area (Å²) in [5, 5.41) is 0. The average Bonchev–Trinajstić information content (AvgIpc) is 3.42. The molecule has 0 aliphatic heterocycles. The zero-order valence-corrected chi connectivity index (χ0v) is 20.7. The summed E-state index contributed by atoms with van der Waals surface area (Å²) in [7, 11) is 0. The van der Waals surface area contributed by atoms with Crippen LogP contribution in [0.2, 0.25) is 0 Å². The first-order valence-corrected chi connectivity index (χ1v) is 12.9. The maximum absolute atomic E-state index is 4.51. The third-order valence-corrected chi connectivity index (χ3v) is 8.25. The molecule has 0 spiro atoms. The molecule has 2 aromatic carbocycles. The third-order valence-electron chi connectivity index (χ3n) is 8.25. The van der Waals surface area contributed by atoms with Crippen molar-refractivity contribution in [3.8, 4) is 0 Å². The Labute approximate surface area is 200 Å². The largest absolute Gasteiger partial charge is 0.0949 e. The van der Waals surface area contributed by atoms with Crippen LogP contribution in [0.4, 0.5) is 0 Å². The Hall–Kier alpha value is -2.60. The molecule has 2 aromatic rings. The van der Waals surface area contributed by atoms with E-state index in [1.807, 2.05) is 0 Å². The molecule has 0 aromatic heterocycles. The molecule has 0 atom stereocenters. The zero-order chi connectivity index (χ0) is 22.9. The Morgan fingerprint density at radius 3 is 2.42 bits per heavy atom. The van der Waals surface area contributed by atoms with Crippen LogP contribution in [0, 0.1) is 25.7 Å². The molecule has 1 saturated carbocycles. The molecule has 170 valence electrons. The summed E-state index contributed by atoms with van der Waals surface area (Å²) in [6.45, 7) is 11.3. The Bertz CT molecular complexity index is 1140. The monoisotopic (exact) mass is 434 g/mol. The van der Waals surface area contributed by atoms with Gasteiger partial charge in [0.1, 0.15) is 0 Å².